The minimum Gasteiger partial charge on any atom is -0.497 e. The third-order valence-electron chi connectivity index (χ3n) is 5.23. The van der Waals surface area contributed by atoms with Gasteiger partial charge in [-0.1, -0.05) is 35.5 Å². The molecule has 0 bridgehead atoms. The van der Waals surface area contributed by atoms with E-state index in [4.69, 9.17) is 9.26 Å². The van der Waals surface area contributed by atoms with Crippen LogP contribution in [0.3, 0.4) is 0 Å². The number of aromatic nitrogens is 1. The van der Waals surface area contributed by atoms with Gasteiger partial charge in [-0.3, -0.25) is 0 Å². The van der Waals surface area contributed by atoms with Gasteiger partial charge in [0.05, 0.1) is 7.11 Å². The number of carboxylic acids is 1. The van der Waals surface area contributed by atoms with Crippen LogP contribution in [-0.4, -0.2) is 36.4 Å². The van der Waals surface area contributed by atoms with Crippen LogP contribution >= 0.6 is 0 Å². The Bertz CT molecular complexity index is 950. The quantitative estimate of drug-likeness (QED) is 0.708. The van der Waals surface area contributed by atoms with Crippen molar-refractivity contribution in [3.8, 4) is 17.1 Å². The van der Waals surface area contributed by atoms with Crippen molar-refractivity contribution in [3.63, 3.8) is 0 Å². The van der Waals surface area contributed by atoms with Crippen LogP contribution in [-0.2, 0) is 0 Å². The zero-order chi connectivity index (χ0) is 19.5. The summed E-state index contributed by atoms with van der Waals surface area (Å²) < 4.78 is 10.7. The van der Waals surface area contributed by atoms with Crippen LogP contribution in [0.5, 0.6) is 5.75 Å². The smallest absolute Gasteiger partial charge is 0.343 e. The van der Waals surface area contributed by atoms with E-state index in [2.05, 4.69) is 17.3 Å². The van der Waals surface area contributed by atoms with Gasteiger partial charge in [-0.15, -0.1) is 0 Å². The molecule has 0 amide bonds. The molecule has 0 spiro atoms. The zero-order valence-electron chi connectivity index (χ0n) is 15.7. The first kappa shape index (κ1) is 18.1. The molecule has 1 N–H and O–H groups in total. The van der Waals surface area contributed by atoms with Crippen molar-refractivity contribution in [2.24, 2.45) is 0 Å². The van der Waals surface area contributed by atoms with E-state index in [-0.39, 0.29) is 11.3 Å². The summed E-state index contributed by atoms with van der Waals surface area (Å²) >= 11 is 0. The summed E-state index contributed by atoms with van der Waals surface area (Å²) in [5, 5.41) is 14.0. The van der Waals surface area contributed by atoms with E-state index in [0.717, 1.165) is 25.9 Å². The molecular formula is C22H22N2O4. The minimum absolute atomic E-state index is 0.110. The molecule has 1 saturated heterocycles. The number of methoxy groups -OCH3 is 1. The largest absolute Gasteiger partial charge is 0.497 e. The van der Waals surface area contributed by atoms with Crippen LogP contribution in [0.25, 0.3) is 11.3 Å². The van der Waals surface area contributed by atoms with Crippen LogP contribution in [0.15, 0.2) is 59.1 Å². The lowest BCUT2D eigenvalue weighted by molar-refractivity contribution is 0.0697. The number of carbonyl (C=O) groups is 1. The molecule has 1 aromatic heterocycles. The van der Waals surface area contributed by atoms with Gasteiger partial charge >= 0.3 is 5.97 Å². The van der Waals surface area contributed by atoms with Crippen molar-refractivity contribution < 1.29 is 19.2 Å². The lowest BCUT2D eigenvalue weighted by Gasteiger charge is -2.33. The van der Waals surface area contributed by atoms with Crippen molar-refractivity contribution in [2.75, 3.05) is 25.1 Å². The van der Waals surface area contributed by atoms with Crippen molar-refractivity contribution in [2.45, 2.75) is 18.8 Å². The molecule has 1 unspecified atom stereocenters. The Morgan fingerprint density at radius 2 is 1.93 bits per heavy atom. The monoisotopic (exact) mass is 378 g/mol. The second kappa shape index (κ2) is 7.76. The van der Waals surface area contributed by atoms with E-state index < -0.39 is 5.97 Å². The number of piperidine rings is 1. The predicted molar refractivity (Wildman–Crippen MR) is 106 cm³/mol. The fourth-order valence-electron chi connectivity index (χ4n) is 3.80. The molecule has 4 rings (SSSR count). The van der Waals surface area contributed by atoms with Crippen molar-refractivity contribution in [3.05, 3.63) is 65.7 Å². The van der Waals surface area contributed by atoms with Crippen LogP contribution in [0.1, 0.15) is 34.7 Å². The fourth-order valence-corrected chi connectivity index (χ4v) is 3.80. The van der Waals surface area contributed by atoms with Gasteiger partial charge in [0.1, 0.15) is 5.75 Å². The van der Waals surface area contributed by atoms with Crippen LogP contribution < -0.4 is 9.64 Å². The zero-order valence-corrected chi connectivity index (χ0v) is 15.7. The maximum atomic E-state index is 12.0. The number of aromatic carboxylic acids is 1. The molecule has 1 atom stereocenters. The molecule has 3 aromatic rings. The molecule has 1 fully saturated rings. The number of carboxylic acid groups (broad SMARTS) is 1. The van der Waals surface area contributed by atoms with E-state index in [0.29, 0.717) is 23.0 Å². The summed E-state index contributed by atoms with van der Waals surface area (Å²) in [5.74, 6) is 0.676. The van der Waals surface area contributed by atoms with Gasteiger partial charge < -0.3 is 19.3 Å². The molecular weight excluding hydrogens is 356 g/mol. The number of hydrogen-bond acceptors (Lipinski definition) is 5. The van der Waals surface area contributed by atoms with Gasteiger partial charge in [-0.2, -0.15) is 0 Å². The van der Waals surface area contributed by atoms with Gasteiger partial charge in [0.15, 0.2) is 17.1 Å². The highest BCUT2D eigenvalue weighted by atomic mass is 16.5. The van der Waals surface area contributed by atoms with Gasteiger partial charge in [-0.05, 0) is 42.7 Å². The normalized spacial score (nSPS) is 16.8. The van der Waals surface area contributed by atoms with Gasteiger partial charge in [0.25, 0.3) is 0 Å². The summed E-state index contributed by atoms with van der Waals surface area (Å²) in [6.45, 7) is 1.48. The molecule has 1 aliphatic rings. The molecule has 0 aliphatic carbocycles. The average molecular weight is 378 g/mol. The maximum absolute atomic E-state index is 12.0. The van der Waals surface area contributed by atoms with Crippen molar-refractivity contribution >= 4 is 11.8 Å². The third kappa shape index (κ3) is 3.45. The second-order valence-corrected chi connectivity index (χ2v) is 6.94. The second-order valence-electron chi connectivity index (χ2n) is 6.94. The number of hydrogen-bond donors (Lipinski definition) is 1. The average Bonchev–Trinajstić information content (AvgIpc) is 3.20. The highest BCUT2D eigenvalue weighted by molar-refractivity contribution is 5.99. The third-order valence-corrected chi connectivity index (χ3v) is 5.23. The molecule has 6 heteroatoms. The van der Waals surface area contributed by atoms with Gasteiger partial charge in [0, 0.05) is 24.6 Å². The highest BCUT2D eigenvalue weighted by Crippen LogP contribution is 2.36. The van der Waals surface area contributed by atoms with Crippen molar-refractivity contribution in [1.82, 2.24) is 5.16 Å². The molecule has 6 nitrogen and oxygen atoms in total. The Balaban J connectivity index is 1.66. The van der Waals surface area contributed by atoms with Crippen molar-refractivity contribution in [1.29, 1.82) is 0 Å². The highest BCUT2D eigenvalue weighted by Gasteiger charge is 2.30. The molecule has 1 aliphatic heterocycles. The molecule has 2 heterocycles. The molecule has 28 heavy (non-hydrogen) atoms. The lowest BCUT2D eigenvalue weighted by atomic mass is 9.90. The summed E-state index contributed by atoms with van der Waals surface area (Å²) in [4.78, 5) is 14.1. The fraction of sp³-hybridized carbons (Fsp3) is 0.273. The van der Waals surface area contributed by atoms with E-state index in [9.17, 15) is 9.90 Å². The number of rotatable bonds is 5. The number of nitrogens with zero attached hydrogens (tertiary/aromatic N) is 2. The first-order valence-corrected chi connectivity index (χ1v) is 9.34. The Hall–Kier alpha value is -3.28. The first-order chi connectivity index (χ1) is 13.7. The maximum Gasteiger partial charge on any atom is 0.343 e. The van der Waals surface area contributed by atoms with Crippen LogP contribution in [0.2, 0.25) is 0 Å². The standard InChI is InChI=1S/C22H22N2O4/c1-27-18-11-9-16(10-12-18)20-19(22(25)26)21(23-28-20)24-13-5-8-17(14-24)15-6-3-2-4-7-15/h2-4,6-7,9-12,17H,5,8,13-14H2,1H3,(H,25,26). The summed E-state index contributed by atoms with van der Waals surface area (Å²) in [7, 11) is 1.59. The topological polar surface area (TPSA) is 75.8 Å². The minimum atomic E-state index is -1.04. The van der Waals surface area contributed by atoms with Crippen LogP contribution in [0, 0.1) is 0 Å². The van der Waals surface area contributed by atoms with E-state index >= 15 is 0 Å². The van der Waals surface area contributed by atoms with Gasteiger partial charge in [0.2, 0.25) is 0 Å². The molecule has 2 aromatic carbocycles. The first-order valence-electron chi connectivity index (χ1n) is 9.34. The van der Waals surface area contributed by atoms with E-state index in [1.165, 1.54) is 5.56 Å². The molecule has 144 valence electrons. The SMILES string of the molecule is COc1ccc(-c2onc(N3CCCC(c4ccccc4)C3)c2C(=O)O)cc1. The Morgan fingerprint density at radius 1 is 1.18 bits per heavy atom. The Kier molecular flexibility index (Phi) is 5.02. The summed E-state index contributed by atoms with van der Waals surface area (Å²) in [5.41, 5.74) is 2.04. The molecule has 0 saturated carbocycles. The number of benzene rings is 2. The molecule has 0 radical (unpaired) electrons. The van der Waals surface area contributed by atoms with E-state index in [1.54, 1.807) is 31.4 Å². The lowest BCUT2D eigenvalue weighted by Crippen LogP contribution is -2.35. The van der Waals surface area contributed by atoms with E-state index in [1.807, 2.05) is 23.1 Å². The number of ether oxygens (including phenoxy) is 1. The Morgan fingerprint density at radius 3 is 2.61 bits per heavy atom. The van der Waals surface area contributed by atoms with Crippen LogP contribution in [0.4, 0.5) is 5.82 Å². The Labute approximate surface area is 163 Å². The van der Waals surface area contributed by atoms with Gasteiger partial charge in [-0.25, -0.2) is 4.79 Å². The summed E-state index contributed by atoms with van der Waals surface area (Å²) in [6, 6.07) is 17.4. The predicted octanol–water partition coefficient (Wildman–Crippen LogP) is 4.43. The number of anilines is 1. The summed E-state index contributed by atoms with van der Waals surface area (Å²) in [6.07, 6.45) is 2.05.